The highest BCUT2D eigenvalue weighted by atomic mass is 32.2. The molecule has 1 aliphatic rings. The maximum Gasteiger partial charge on any atom is 0.326 e. The molecule has 1 saturated carbocycles. The van der Waals surface area contributed by atoms with E-state index < -0.39 is 12.0 Å². The number of urea groups is 1. The molecule has 0 heterocycles. The van der Waals surface area contributed by atoms with Crippen LogP contribution in [0.5, 0.6) is 0 Å². The topological polar surface area (TPSA) is 69.6 Å². The summed E-state index contributed by atoms with van der Waals surface area (Å²) >= 11 is 1.84. The molecule has 0 radical (unpaired) electrons. The number of rotatable bonds is 5. The van der Waals surface area contributed by atoms with Gasteiger partial charge in [-0.2, -0.15) is 11.8 Å². The van der Waals surface area contributed by atoms with Gasteiger partial charge in [0.2, 0.25) is 0 Å². The lowest BCUT2D eigenvalue weighted by Crippen LogP contribution is -2.50. The van der Waals surface area contributed by atoms with Gasteiger partial charge >= 0.3 is 12.0 Å². The van der Waals surface area contributed by atoms with E-state index in [1.54, 1.807) is 14.0 Å². The molecule has 0 bridgehead atoms. The molecule has 0 aromatic carbocycles. The molecule has 5 nitrogen and oxygen atoms in total. The average Bonchev–Trinajstić information content (AvgIpc) is 2.39. The van der Waals surface area contributed by atoms with Crippen LogP contribution in [0.3, 0.4) is 0 Å². The smallest absolute Gasteiger partial charge is 0.326 e. The van der Waals surface area contributed by atoms with Crippen LogP contribution < -0.4 is 5.32 Å². The second-order valence-corrected chi connectivity index (χ2v) is 6.18. The molecular formula is C13H24N2O3S. The van der Waals surface area contributed by atoms with Crippen LogP contribution in [-0.2, 0) is 4.79 Å². The van der Waals surface area contributed by atoms with Gasteiger partial charge in [0, 0.05) is 18.3 Å². The van der Waals surface area contributed by atoms with Crippen LogP contribution in [0.1, 0.15) is 39.0 Å². The van der Waals surface area contributed by atoms with Gasteiger partial charge in [0.25, 0.3) is 0 Å². The van der Waals surface area contributed by atoms with E-state index in [0.717, 1.165) is 19.3 Å². The minimum Gasteiger partial charge on any atom is -0.480 e. The minimum absolute atomic E-state index is 0.174. The summed E-state index contributed by atoms with van der Waals surface area (Å²) < 4.78 is 0. The number of carboxylic acids is 1. The zero-order valence-electron chi connectivity index (χ0n) is 11.9. The van der Waals surface area contributed by atoms with E-state index in [9.17, 15) is 9.59 Å². The van der Waals surface area contributed by atoms with Crippen LogP contribution in [-0.4, -0.2) is 52.6 Å². The molecule has 3 atom stereocenters. The van der Waals surface area contributed by atoms with Crippen molar-refractivity contribution >= 4 is 23.8 Å². The van der Waals surface area contributed by atoms with Gasteiger partial charge in [-0.3, -0.25) is 0 Å². The second-order valence-electron chi connectivity index (χ2n) is 5.04. The Kier molecular flexibility index (Phi) is 6.48. The van der Waals surface area contributed by atoms with Crippen molar-refractivity contribution in [2.45, 2.75) is 56.4 Å². The molecule has 0 aromatic heterocycles. The number of carboxylic acid groups (broad SMARTS) is 1. The molecule has 2 N–H and O–H groups in total. The fraction of sp³-hybridized carbons (Fsp3) is 0.846. The maximum atomic E-state index is 12.1. The Balaban J connectivity index is 2.51. The second kappa shape index (κ2) is 7.62. The molecule has 110 valence electrons. The minimum atomic E-state index is -0.953. The highest BCUT2D eigenvalue weighted by molar-refractivity contribution is 7.99. The van der Waals surface area contributed by atoms with Crippen LogP contribution >= 0.6 is 11.8 Å². The summed E-state index contributed by atoms with van der Waals surface area (Å²) in [6.45, 7) is 1.77. The van der Waals surface area contributed by atoms with E-state index in [2.05, 4.69) is 11.6 Å². The molecule has 6 heteroatoms. The normalized spacial score (nSPS) is 24.6. The van der Waals surface area contributed by atoms with Crippen molar-refractivity contribution in [3.63, 3.8) is 0 Å². The molecule has 2 amide bonds. The van der Waals surface area contributed by atoms with Crippen LogP contribution in [0.25, 0.3) is 0 Å². The van der Waals surface area contributed by atoms with E-state index in [4.69, 9.17) is 5.11 Å². The van der Waals surface area contributed by atoms with Crippen LogP contribution in [0.4, 0.5) is 4.79 Å². The predicted octanol–water partition coefficient (Wildman–Crippen LogP) is 2.17. The van der Waals surface area contributed by atoms with Gasteiger partial charge in [-0.25, -0.2) is 9.59 Å². The van der Waals surface area contributed by atoms with E-state index >= 15 is 0 Å². The van der Waals surface area contributed by atoms with E-state index in [1.807, 2.05) is 11.8 Å². The molecule has 1 fully saturated rings. The lowest BCUT2D eigenvalue weighted by Gasteiger charge is -2.31. The summed E-state index contributed by atoms with van der Waals surface area (Å²) in [5.41, 5.74) is 0. The number of carbonyl (C=O) groups excluding carboxylic acids is 1. The third-order valence-corrected chi connectivity index (χ3v) is 4.84. The first-order valence-corrected chi connectivity index (χ1v) is 8.07. The zero-order valence-corrected chi connectivity index (χ0v) is 12.7. The van der Waals surface area contributed by atoms with E-state index in [-0.39, 0.29) is 12.1 Å². The fourth-order valence-corrected chi connectivity index (χ4v) is 3.35. The number of nitrogens with zero attached hydrogens (tertiary/aromatic N) is 1. The number of aliphatic carboxylic acids is 1. The zero-order chi connectivity index (χ0) is 14.4. The van der Waals surface area contributed by atoms with Gasteiger partial charge in [0.1, 0.15) is 6.04 Å². The van der Waals surface area contributed by atoms with Gasteiger partial charge in [0.15, 0.2) is 0 Å². The molecule has 0 saturated heterocycles. The Morgan fingerprint density at radius 2 is 2.16 bits per heavy atom. The molecule has 3 unspecified atom stereocenters. The number of thioether (sulfide) groups is 1. The summed E-state index contributed by atoms with van der Waals surface area (Å²) in [5, 5.41) is 12.6. The number of nitrogens with one attached hydrogen (secondary N) is 1. The summed E-state index contributed by atoms with van der Waals surface area (Å²) in [6, 6.07) is -0.853. The quantitative estimate of drug-likeness (QED) is 0.813. The highest BCUT2D eigenvalue weighted by Gasteiger charge is 2.28. The predicted molar refractivity (Wildman–Crippen MR) is 77.6 cm³/mol. The van der Waals surface area contributed by atoms with Gasteiger partial charge in [-0.1, -0.05) is 13.3 Å². The molecule has 0 aliphatic heterocycles. The first-order chi connectivity index (χ1) is 8.99. The van der Waals surface area contributed by atoms with Gasteiger partial charge in [-0.15, -0.1) is 0 Å². The highest BCUT2D eigenvalue weighted by Crippen LogP contribution is 2.27. The van der Waals surface area contributed by atoms with Gasteiger partial charge in [-0.05, 0) is 31.9 Å². The summed E-state index contributed by atoms with van der Waals surface area (Å²) in [7, 11) is 1.55. The number of likely N-dealkylation sites (N-methyl/N-ethyl adjacent to an activating group) is 1. The molecule has 1 aliphatic carbocycles. The molecule has 1 rings (SSSR count). The van der Waals surface area contributed by atoms with Crippen LogP contribution in [0.2, 0.25) is 0 Å². The van der Waals surface area contributed by atoms with Crippen molar-refractivity contribution in [2.24, 2.45) is 0 Å². The summed E-state index contributed by atoms with van der Waals surface area (Å²) in [5.74, 6) is -0.953. The first kappa shape index (κ1) is 16.1. The van der Waals surface area contributed by atoms with Crippen LogP contribution in [0.15, 0.2) is 0 Å². The monoisotopic (exact) mass is 288 g/mol. The number of hydrogen-bond acceptors (Lipinski definition) is 3. The number of hydrogen-bond donors (Lipinski definition) is 2. The number of carbonyl (C=O) groups is 2. The molecule has 0 aromatic rings. The Bertz CT molecular complexity index is 325. The van der Waals surface area contributed by atoms with E-state index in [0.29, 0.717) is 11.7 Å². The Morgan fingerprint density at radius 1 is 1.47 bits per heavy atom. The fourth-order valence-electron chi connectivity index (χ4n) is 2.52. The van der Waals surface area contributed by atoms with E-state index in [1.165, 1.54) is 11.3 Å². The third kappa shape index (κ3) is 4.60. The van der Waals surface area contributed by atoms with Crippen molar-refractivity contribution in [3.8, 4) is 0 Å². The standard InChI is InChI=1S/C13H24N2O3S/c1-4-11(12(16)17)15(2)13(18)14-9-6-5-7-10(8-9)19-3/h9-11H,4-8H2,1-3H3,(H,14,18)(H,16,17). The van der Waals surface area contributed by atoms with Crippen molar-refractivity contribution < 1.29 is 14.7 Å². The Labute approximate surface area is 119 Å². The molecule has 19 heavy (non-hydrogen) atoms. The number of amides is 2. The summed E-state index contributed by atoms with van der Waals surface area (Å²) in [4.78, 5) is 24.4. The third-order valence-electron chi connectivity index (χ3n) is 3.75. The van der Waals surface area contributed by atoms with Crippen molar-refractivity contribution in [1.82, 2.24) is 10.2 Å². The summed E-state index contributed by atoms with van der Waals surface area (Å²) in [6.07, 6.45) is 6.80. The maximum absolute atomic E-state index is 12.1. The first-order valence-electron chi connectivity index (χ1n) is 6.78. The van der Waals surface area contributed by atoms with Crippen molar-refractivity contribution in [3.05, 3.63) is 0 Å². The van der Waals surface area contributed by atoms with Gasteiger partial charge < -0.3 is 15.3 Å². The average molecular weight is 288 g/mol. The van der Waals surface area contributed by atoms with Crippen molar-refractivity contribution in [1.29, 1.82) is 0 Å². The lowest BCUT2D eigenvalue weighted by molar-refractivity contribution is -0.141. The molecule has 0 spiro atoms. The Morgan fingerprint density at radius 3 is 2.68 bits per heavy atom. The molecular weight excluding hydrogens is 264 g/mol. The van der Waals surface area contributed by atoms with Crippen molar-refractivity contribution in [2.75, 3.05) is 13.3 Å². The SMILES string of the molecule is CCC(C(=O)O)N(C)C(=O)NC1CCCC(SC)C1. The largest absolute Gasteiger partial charge is 0.480 e. The van der Waals surface area contributed by atoms with Gasteiger partial charge in [0.05, 0.1) is 0 Å². The Hall–Kier alpha value is -0.910. The van der Waals surface area contributed by atoms with Crippen LogP contribution in [0, 0.1) is 0 Å². The lowest BCUT2D eigenvalue weighted by atomic mass is 9.95.